The molecule has 0 spiro atoms. The van der Waals surface area contributed by atoms with Crippen LogP contribution in [-0.2, 0) is 0 Å². The predicted molar refractivity (Wildman–Crippen MR) is 14.8 cm³/mol. The van der Waals surface area contributed by atoms with Gasteiger partial charge in [0.2, 0.25) is 0 Å². The predicted octanol–water partition coefficient (Wildman–Crippen LogP) is -0.990. The molecule has 0 saturated carbocycles. The lowest BCUT2D eigenvalue weighted by atomic mass is 14.8. The monoisotopic (exact) mass is 100.0 g/mol. The molecule has 0 radical (unpaired) electrons. The van der Waals surface area contributed by atoms with Gasteiger partial charge in [-0.3, -0.25) is 4.66 Å². The molecular formula is HClO4. The lowest BCUT2D eigenvalue weighted by molar-refractivity contribution is -0.284. The van der Waals surface area contributed by atoms with Crippen molar-refractivity contribution in [2.45, 2.75) is 0 Å². The first kappa shape index (κ1) is 8.82. The minimum absolute atomic E-state index is 1.75. The highest BCUT2D eigenvalue weighted by Gasteiger charge is 1.27. The van der Waals surface area contributed by atoms with E-state index < -0.39 is 0 Å². The summed E-state index contributed by atoms with van der Waals surface area (Å²) < 4.78 is 8.22. The molecule has 0 unspecified atom stereocenters. The largest absolute Gasteiger partial charge is 0.295 e. The molecule has 0 aromatic rings. The molecule has 0 atom stereocenters. The molecule has 0 heterocycles. The van der Waals surface area contributed by atoms with Crippen LogP contribution < -0.4 is 5.26 Å². The van der Waals surface area contributed by atoms with Crippen LogP contribution in [0.5, 0.6) is 0 Å². The highest BCUT2D eigenvalue weighted by atomic mass is 35.5. The van der Waals surface area contributed by atoms with Crippen LogP contribution >= 0.6 is 11.9 Å². The Morgan fingerprint density at radius 2 is 1.80 bits per heavy atom. The molecule has 0 saturated heterocycles. The summed E-state index contributed by atoms with van der Waals surface area (Å²) in [5, 5.41) is 7.88. The lowest BCUT2D eigenvalue weighted by Gasteiger charge is -1.19. The minimum Gasteiger partial charge on any atom is -0.295 e. The maximum absolute atomic E-state index is 7.88. The Morgan fingerprint density at radius 3 is 1.80 bits per heavy atom. The quantitative estimate of drug-likeness (QED) is 0.241. The molecule has 4 nitrogen and oxygen atoms in total. The highest BCUT2D eigenvalue weighted by Crippen LogP contribution is 1.31. The SMILES string of the molecule is O=[O+][O-].OCl. The van der Waals surface area contributed by atoms with Gasteiger partial charge < -0.3 is 0 Å². The second-order valence-electron chi connectivity index (χ2n) is 0.0680. The van der Waals surface area contributed by atoms with Gasteiger partial charge in [0.1, 0.15) is 0 Å². The van der Waals surface area contributed by atoms with Crippen molar-refractivity contribution in [2.75, 3.05) is 0 Å². The topological polar surface area (TPSA) is 71.7 Å². The fourth-order valence-corrected chi connectivity index (χ4v) is 0. The number of rotatable bonds is 0. The van der Waals surface area contributed by atoms with E-state index >= 15 is 0 Å². The molecular weight excluding hydrogens is 99.4 g/mol. The fraction of sp³-hybridized carbons (Fsp3) is 0. The summed E-state index contributed by atoms with van der Waals surface area (Å²) in [6.45, 7) is 0. The molecule has 5 heavy (non-hydrogen) atoms. The van der Waals surface area contributed by atoms with E-state index in [1.165, 1.54) is 0 Å². The van der Waals surface area contributed by atoms with Crippen molar-refractivity contribution in [3.05, 3.63) is 9.71 Å². The summed E-state index contributed by atoms with van der Waals surface area (Å²) in [4.78, 5) is 7.88. The summed E-state index contributed by atoms with van der Waals surface area (Å²) in [7, 11) is 0. The van der Waals surface area contributed by atoms with Gasteiger partial charge in [-0.05, 0) is 0 Å². The normalized spacial score (nSPS) is 3.60. The second kappa shape index (κ2) is 60.7. The van der Waals surface area contributed by atoms with Crippen molar-refractivity contribution in [2.24, 2.45) is 0 Å². The van der Waals surface area contributed by atoms with Crippen LogP contribution in [-0.4, -0.2) is 4.66 Å². The van der Waals surface area contributed by atoms with E-state index in [0.717, 1.165) is 0 Å². The standard InChI is InChI=1S/ClHO.O3/c1-2;1-3-2/h2H;. The molecule has 0 bridgehead atoms. The Bertz CT molecular complexity index is 11.1. The Hall–Kier alpha value is -0.350. The molecule has 0 aromatic heterocycles. The summed E-state index contributed by atoms with van der Waals surface area (Å²) in [5.41, 5.74) is 0. The molecule has 1 N–H and O–H groups in total. The van der Waals surface area contributed by atoms with Crippen molar-refractivity contribution in [1.82, 2.24) is 0 Å². The zero-order valence-corrected chi connectivity index (χ0v) is 2.81. The minimum atomic E-state index is 1.75. The van der Waals surface area contributed by atoms with Gasteiger partial charge in [-0.25, -0.2) is 0 Å². The summed E-state index contributed by atoms with van der Waals surface area (Å²) in [6.07, 6.45) is 0. The third-order valence-electron chi connectivity index (χ3n) is 0. The van der Waals surface area contributed by atoms with Gasteiger partial charge in [0.15, 0.2) is 4.75 Å². The van der Waals surface area contributed by atoms with Crippen LogP contribution in [0.3, 0.4) is 0 Å². The number of hydrogen-bond acceptors (Lipinski definition) is 3. The summed E-state index contributed by atoms with van der Waals surface area (Å²) in [6, 6.07) is 0. The first-order chi connectivity index (χ1) is 2.41. The fourth-order valence-electron chi connectivity index (χ4n) is 0. The van der Waals surface area contributed by atoms with Gasteiger partial charge in [0.05, 0.1) is 11.9 Å². The second-order valence-corrected chi connectivity index (χ2v) is 0.0680. The van der Waals surface area contributed by atoms with E-state index in [0.29, 0.717) is 0 Å². The zero-order valence-electron chi connectivity index (χ0n) is 2.05. The van der Waals surface area contributed by atoms with Gasteiger partial charge in [-0.2, -0.15) is 0 Å². The van der Waals surface area contributed by atoms with E-state index in [9.17, 15) is 0 Å². The molecule has 32 valence electrons. The first-order valence-electron chi connectivity index (χ1n) is 0.502. The Labute approximate surface area is 32.6 Å². The van der Waals surface area contributed by atoms with Crippen LogP contribution in [0.2, 0.25) is 0 Å². The van der Waals surface area contributed by atoms with Crippen molar-refractivity contribution < 1.29 is 9.92 Å². The van der Waals surface area contributed by atoms with Crippen molar-refractivity contribution in [1.29, 1.82) is 0 Å². The van der Waals surface area contributed by atoms with E-state index in [-0.39, 0.29) is 0 Å². The lowest BCUT2D eigenvalue weighted by Crippen LogP contribution is -1.82. The molecule has 5 heteroatoms. The van der Waals surface area contributed by atoms with Crippen LogP contribution in [0.25, 0.3) is 0 Å². The van der Waals surface area contributed by atoms with Crippen molar-refractivity contribution >= 4 is 11.9 Å². The molecule has 0 fully saturated rings. The van der Waals surface area contributed by atoms with Gasteiger partial charge in [-0.15, -0.1) is 0 Å². The van der Waals surface area contributed by atoms with Gasteiger partial charge in [0.25, 0.3) is 0 Å². The molecule has 0 aromatic carbocycles. The number of halogens is 1. The number of hydrogen-bond donors (Lipinski definition) is 1. The average molecular weight is 100 g/mol. The maximum Gasteiger partial charge on any atom is 0.154 e. The third kappa shape index (κ3) is 81.1. The molecule has 0 aliphatic heterocycles. The van der Waals surface area contributed by atoms with Crippen LogP contribution in [0, 0.1) is 9.71 Å². The Kier molecular flexibility index (Phi) is 107. The molecule has 0 rings (SSSR count). The molecule has 0 aliphatic carbocycles. The summed E-state index contributed by atoms with van der Waals surface area (Å²) in [5.74, 6) is 0. The van der Waals surface area contributed by atoms with Crippen molar-refractivity contribution in [3.8, 4) is 0 Å². The van der Waals surface area contributed by atoms with E-state index in [2.05, 4.69) is 11.9 Å². The zero-order chi connectivity index (χ0) is 4.71. The van der Waals surface area contributed by atoms with Gasteiger partial charge >= 0.3 is 0 Å². The van der Waals surface area contributed by atoms with Crippen molar-refractivity contribution in [3.63, 3.8) is 0 Å². The van der Waals surface area contributed by atoms with Gasteiger partial charge in [-0.1, -0.05) is 10.2 Å². The van der Waals surface area contributed by atoms with Crippen LogP contribution in [0.15, 0.2) is 0 Å². The Morgan fingerprint density at radius 1 is 1.80 bits per heavy atom. The van der Waals surface area contributed by atoms with Crippen LogP contribution in [0.4, 0.5) is 0 Å². The van der Waals surface area contributed by atoms with E-state index in [1.54, 1.807) is 4.75 Å². The molecule has 0 amide bonds. The van der Waals surface area contributed by atoms with Crippen LogP contribution in [0.1, 0.15) is 0 Å². The molecule has 0 aliphatic rings. The maximum atomic E-state index is 7.88. The smallest absolute Gasteiger partial charge is 0.154 e. The average Bonchev–Trinajstić information content (AvgIpc) is 1.46. The third-order valence-corrected chi connectivity index (χ3v) is 0. The van der Waals surface area contributed by atoms with E-state index in [1.807, 2.05) is 0 Å². The summed E-state index contributed by atoms with van der Waals surface area (Å²) >= 11 is 3.64. The van der Waals surface area contributed by atoms with Gasteiger partial charge in [0, 0.05) is 0 Å². The highest BCUT2D eigenvalue weighted by molar-refractivity contribution is 6.04. The Balaban J connectivity index is 0. The first-order valence-corrected chi connectivity index (χ1v) is 0.840. The van der Waals surface area contributed by atoms with E-state index in [4.69, 9.17) is 14.9 Å².